The van der Waals surface area contributed by atoms with E-state index in [1.807, 2.05) is 0 Å². The second-order valence-electron chi connectivity index (χ2n) is 2.56. The molecule has 13 heavy (non-hydrogen) atoms. The Labute approximate surface area is 75.3 Å². The molecule has 1 rings (SSSR count). The van der Waals surface area contributed by atoms with Gasteiger partial charge in [-0.15, -0.1) is 0 Å². The number of nitrogens with zero attached hydrogens (tertiary/aromatic N) is 2. The molecule has 0 N–H and O–H groups in total. The molecule has 0 aromatic carbocycles. The van der Waals surface area contributed by atoms with E-state index < -0.39 is 6.04 Å². The Balaban J connectivity index is 2.82. The number of rotatable bonds is 3. The zero-order valence-corrected chi connectivity index (χ0v) is 7.43. The third-order valence-electron chi connectivity index (χ3n) is 1.73. The number of hydrogen-bond acceptors (Lipinski definition) is 4. The molecule has 70 valence electrons. The number of methoxy groups -OCH3 is 1. The molecule has 5 nitrogen and oxygen atoms in total. The van der Waals surface area contributed by atoms with Crippen molar-refractivity contribution in [2.45, 2.75) is 13.0 Å². The van der Waals surface area contributed by atoms with Crippen LogP contribution >= 0.6 is 0 Å². The van der Waals surface area contributed by atoms with E-state index in [0.717, 1.165) is 0 Å². The molecule has 0 fully saturated rings. The summed E-state index contributed by atoms with van der Waals surface area (Å²) >= 11 is 0. The molecule has 0 saturated carbocycles. The second-order valence-corrected chi connectivity index (χ2v) is 2.56. The summed E-state index contributed by atoms with van der Waals surface area (Å²) in [6, 6.07) is -0.453. The molecule has 0 aliphatic heterocycles. The van der Waals surface area contributed by atoms with Gasteiger partial charge in [0.1, 0.15) is 11.7 Å². The molecule has 1 aromatic heterocycles. The maximum atomic E-state index is 11.1. The molecular weight excluding hydrogens is 172 g/mol. The van der Waals surface area contributed by atoms with E-state index >= 15 is 0 Å². The van der Waals surface area contributed by atoms with Crippen molar-refractivity contribution in [1.82, 2.24) is 9.55 Å². The van der Waals surface area contributed by atoms with Crippen LogP contribution in [0.4, 0.5) is 0 Å². The summed E-state index contributed by atoms with van der Waals surface area (Å²) in [5.74, 6) is -0.366. The summed E-state index contributed by atoms with van der Waals surface area (Å²) in [6.45, 7) is 1.67. The van der Waals surface area contributed by atoms with E-state index in [4.69, 9.17) is 0 Å². The quantitative estimate of drug-likeness (QED) is 0.502. The summed E-state index contributed by atoms with van der Waals surface area (Å²) in [6.07, 6.45) is 3.54. The molecule has 0 aliphatic rings. The average molecular weight is 182 g/mol. The van der Waals surface area contributed by atoms with Gasteiger partial charge in [0.2, 0.25) is 0 Å². The number of hydrogen-bond donors (Lipinski definition) is 0. The van der Waals surface area contributed by atoms with E-state index in [1.165, 1.54) is 24.2 Å². The minimum atomic E-state index is -0.453. The maximum absolute atomic E-state index is 11.1. The summed E-state index contributed by atoms with van der Waals surface area (Å²) in [5.41, 5.74) is 0.302. The fourth-order valence-corrected chi connectivity index (χ4v) is 0.918. The summed E-state index contributed by atoms with van der Waals surface area (Å²) in [7, 11) is 1.32. The van der Waals surface area contributed by atoms with Gasteiger partial charge in [0.15, 0.2) is 6.29 Å². The Morgan fingerprint density at radius 2 is 2.46 bits per heavy atom. The van der Waals surface area contributed by atoms with Gasteiger partial charge in [-0.1, -0.05) is 0 Å². The van der Waals surface area contributed by atoms with Gasteiger partial charge >= 0.3 is 5.97 Å². The van der Waals surface area contributed by atoms with Crippen LogP contribution in [0.5, 0.6) is 0 Å². The second kappa shape index (κ2) is 3.84. The molecule has 0 amide bonds. The molecule has 0 spiro atoms. The lowest BCUT2D eigenvalue weighted by Crippen LogP contribution is -2.16. The molecule has 0 saturated heterocycles. The fraction of sp³-hybridized carbons (Fsp3) is 0.375. The molecule has 0 radical (unpaired) electrons. The number of esters is 1. The van der Waals surface area contributed by atoms with Crippen LogP contribution in [0.25, 0.3) is 0 Å². The molecule has 1 aromatic rings. The lowest BCUT2D eigenvalue weighted by Gasteiger charge is -2.08. The lowest BCUT2D eigenvalue weighted by molar-refractivity contribution is -0.144. The van der Waals surface area contributed by atoms with E-state index in [1.54, 1.807) is 6.92 Å². The zero-order valence-electron chi connectivity index (χ0n) is 7.43. The third-order valence-corrected chi connectivity index (χ3v) is 1.73. The number of imidazole rings is 1. The Morgan fingerprint density at radius 1 is 1.77 bits per heavy atom. The smallest absolute Gasteiger partial charge is 0.328 e. The van der Waals surface area contributed by atoms with Crippen molar-refractivity contribution < 1.29 is 14.3 Å². The highest BCUT2D eigenvalue weighted by molar-refractivity contribution is 5.74. The van der Waals surface area contributed by atoms with Crippen molar-refractivity contribution in [3.05, 3.63) is 18.2 Å². The molecule has 1 unspecified atom stereocenters. The number of carbonyl (C=O) groups is 2. The first kappa shape index (κ1) is 9.44. The van der Waals surface area contributed by atoms with Gasteiger partial charge in [0, 0.05) is 6.20 Å². The Hall–Kier alpha value is -1.65. The van der Waals surface area contributed by atoms with Gasteiger partial charge in [-0.2, -0.15) is 0 Å². The minimum Gasteiger partial charge on any atom is -0.467 e. The first-order valence-electron chi connectivity index (χ1n) is 3.75. The zero-order chi connectivity index (χ0) is 9.84. The summed E-state index contributed by atoms with van der Waals surface area (Å²) in [4.78, 5) is 25.1. The van der Waals surface area contributed by atoms with E-state index in [9.17, 15) is 9.59 Å². The van der Waals surface area contributed by atoms with Gasteiger partial charge in [-0.3, -0.25) is 4.79 Å². The van der Waals surface area contributed by atoms with Crippen LogP contribution in [-0.2, 0) is 9.53 Å². The van der Waals surface area contributed by atoms with Crippen LogP contribution in [0.3, 0.4) is 0 Å². The number of aromatic nitrogens is 2. The Morgan fingerprint density at radius 3 is 2.92 bits per heavy atom. The average Bonchev–Trinajstić information content (AvgIpc) is 2.63. The standard InChI is InChI=1S/C8H10N2O3/c1-6(8(12)13-2)10-3-7(4-11)9-5-10/h3-6H,1-2H3. The molecule has 0 aliphatic carbocycles. The maximum Gasteiger partial charge on any atom is 0.328 e. The fourth-order valence-electron chi connectivity index (χ4n) is 0.918. The van der Waals surface area contributed by atoms with Crippen molar-refractivity contribution in [2.24, 2.45) is 0 Å². The monoisotopic (exact) mass is 182 g/mol. The van der Waals surface area contributed by atoms with Gasteiger partial charge < -0.3 is 9.30 Å². The largest absolute Gasteiger partial charge is 0.467 e. The molecular formula is C8H10N2O3. The van der Waals surface area contributed by atoms with Crippen LogP contribution in [0.1, 0.15) is 23.5 Å². The van der Waals surface area contributed by atoms with Crippen molar-refractivity contribution in [2.75, 3.05) is 7.11 Å². The number of aldehydes is 1. The highest BCUT2D eigenvalue weighted by Crippen LogP contribution is 2.07. The number of carbonyl (C=O) groups excluding carboxylic acids is 2. The molecule has 0 bridgehead atoms. The van der Waals surface area contributed by atoms with Crippen molar-refractivity contribution >= 4 is 12.3 Å². The van der Waals surface area contributed by atoms with Crippen molar-refractivity contribution in [1.29, 1.82) is 0 Å². The predicted octanol–water partition coefficient (Wildman–Crippen LogP) is 0.430. The van der Waals surface area contributed by atoms with Crippen LogP contribution < -0.4 is 0 Å². The third kappa shape index (κ3) is 1.93. The number of ether oxygens (including phenoxy) is 1. The van der Waals surface area contributed by atoms with Gasteiger partial charge in [-0.25, -0.2) is 9.78 Å². The predicted molar refractivity (Wildman–Crippen MR) is 44.3 cm³/mol. The molecule has 1 atom stereocenters. The Kier molecular flexibility index (Phi) is 2.79. The summed E-state index contributed by atoms with van der Waals surface area (Å²) < 4.78 is 6.06. The topological polar surface area (TPSA) is 61.2 Å². The van der Waals surface area contributed by atoms with Crippen LogP contribution in [0, 0.1) is 0 Å². The minimum absolute atomic E-state index is 0.302. The normalized spacial score (nSPS) is 12.2. The van der Waals surface area contributed by atoms with Crippen LogP contribution in [0.15, 0.2) is 12.5 Å². The molecule has 1 heterocycles. The van der Waals surface area contributed by atoms with Gasteiger partial charge in [0.25, 0.3) is 0 Å². The van der Waals surface area contributed by atoms with Crippen LogP contribution in [0.2, 0.25) is 0 Å². The van der Waals surface area contributed by atoms with Gasteiger partial charge in [-0.05, 0) is 6.92 Å². The van der Waals surface area contributed by atoms with E-state index in [-0.39, 0.29) is 5.97 Å². The lowest BCUT2D eigenvalue weighted by atomic mass is 10.3. The van der Waals surface area contributed by atoms with E-state index in [2.05, 4.69) is 9.72 Å². The van der Waals surface area contributed by atoms with Crippen LogP contribution in [-0.4, -0.2) is 28.9 Å². The first-order chi connectivity index (χ1) is 6.19. The molecule has 5 heteroatoms. The highest BCUT2D eigenvalue weighted by atomic mass is 16.5. The summed E-state index contributed by atoms with van der Waals surface area (Å²) in [5, 5.41) is 0. The van der Waals surface area contributed by atoms with Crippen molar-refractivity contribution in [3.63, 3.8) is 0 Å². The SMILES string of the molecule is COC(=O)C(C)n1cnc(C=O)c1. The van der Waals surface area contributed by atoms with E-state index in [0.29, 0.717) is 12.0 Å². The highest BCUT2D eigenvalue weighted by Gasteiger charge is 2.14. The van der Waals surface area contributed by atoms with Gasteiger partial charge in [0.05, 0.1) is 13.4 Å². The first-order valence-corrected chi connectivity index (χ1v) is 3.75. The van der Waals surface area contributed by atoms with Crippen molar-refractivity contribution in [3.8, 4) is 0 Å². The Bertz CT molecular complexity index is 319.